The van der Waals surface area contributed by atoms with E-state index in [1.54, 1.807) is 0 Å². The summed E-state index contributed by atoms with van der Waals surface area (Å²) in [6, 6.07) is -2.11. The molecule has 0 aromatic heterocycles. The van der Waals surface area contributed by atoms with E-state index in [0.29, 0.717) is 0 Å². The van der Waals surface area contributed by atoms with Crippen LogP contribution in [-0.2, 0) is 19.1 Å². The zero-order valence-electron chi connectivity index (χ0n) is 12.7. The fourth-order valence-corrected chi connectivity index (χ4v) is 1.58. The van der Waals surface area contributed by atoms with Gasteiger partial charge in [0.15, 0.2) is 12.2 Å². The van der Waals surface area contributed by atoms with Gasteiger partial charge in [-0.2, -0.15) is 0 Å². The molecule has 0 saturated heterocycles. The molecule has 0 bridgehead atoms. The highest BCUT2D eigenvalue weighted by molar-refractivity contribution is 5.94. The SMILES string of the molecule is N[C@@H](C(=O)O[C@@H](C(=O)[C@@H](O)CO)[C@H](O)C(=O)O)[C@@H](O)[C@H](O)[C@H](O)CO. The van der Waals surface area contributed by atoms with Gasteiger partial charge < -0.3 is 51.3 Å². The molecule has 0 aliphatic carbocycles. The first-order valence-corrected chi connectivity index (χ1v) is 6.84. The molecule has 0 heterocycles. The number of rotatable bonds is 11. The maximum Gasteiger partial charge on any atom is 0.336 e. The van der Waals surface area contributed by atoms with Crippen molar-refractivity contribution in [1.29, 1.82) is 0 Å². The quantitative estimate of drug-likeness (QED) is 0.153. The van der Waals surface area contributed by atoms with Gasteiger partial charge >= 0.3 is 11.9 Å². The van der Waals surface area contributed by atoms with Gasteiger partial charge in [0.2, 0.25) is 5.78 Å². The highest BCUT2D eigenvalue weighted by Gasteiger charge is 2.41. The van der Waals surface area contributed by atoms with Gasteiger partial charge in [-0.1, -0.05) is 0 Å². The predicted octanol–water partition coefficient (Wildman–Crippen LogP) is -6.33. The van der Waals surface area contributed by atoms with E-state index in [9.17, 15) is 34.8 Å². The summed E-state index contributed by atoms with van der Waals surface area (Å²) in [4.78, 5) is 34.2. The average molecular weight is 371 g/mol. The summed E-state index contributed by atoms with van der Waals surface area (Å²) < 4.78 is 4.37. The van der Waals surface area contributed by atoms with Crippen molar-refractivity contribution >= 4 is 17.7 Å². The molecule has 0 amide bonds. The second-order valence-corrected chi connectivity index (χ2v) is 5.00. The number of carbonyl (C=O) groups excluding carboxylic acids is 2. The van der Waals surface area contributed by atoms with Crippen molar-refractivity contribution in [3.63, 3.8) is 0 Å². The van der Waals surface area contributed by atoms with Crippen molar-refractivity contribution in [1.82, 2.24) is 0 Å². The lowest BCUT2D eigenvalue weighted by molar-refractivity contribution is -0.177. The first kappa shape index (κ1) is 23.3. The molecule has 0 unspecified atom stereocenters. The second-order valence-electron chi connectivity index (χ2n) is 5.00. The van der Waals surface area contributed by atoms with Gasteiger partial charge in [-0.3, -0.25) is 9.59 Å². The van der Waals surface area contributed by atoms with Crippen LogP contribution < -0.4 is 5.73 Å². The second kappa shape index (κ2) is 10.3. The average Bonchev–Trinajstić information content (AvgIpc) is 2.60. The third kappa shape index (κ3) is 6.26. The number of ketones is 1. The van der Waals surface area contributed by atoms with Gasteiger partial charge in [0.1, 0.15) is 30.5 Å². The Labute approximate surface area is 140 Å². The van der Waals surface area contributed by atoms with Crippen molar-refractivity contribution in [3.8, 4) is 0 Å². The summed E-state index contributed by atoms with van der Waals surface area (Å²) in [7, 11) is 0. The molecular weight excluding hydrogens is 350 g/mol. The Morgan fingerprint density at radius 1 is 0.920 bits per heavy atom. The number of ether oxygens (including phenoxy) is 1. The summed E-state index contributed by atoms with van der Waals surface area (Å²) in [6.45, 7) is -2.14. The molecule has 0 aromatic rings. The Morgan fingerprint density at radius 3 is 1.84 bits per heavy atom. The highest BCUT2D eigenvalue weighted by Crippen LogP contribution is 2.10. The van der Waals surface area contributed by atoms with Crippen LogP contribution in [0.3, 0.4) is 0 Å². The minimum Gasteiger partial charge on any atom is -0.479 e. The van der Waals surface area contributed by atoms with Gasteiger partial charge in [0, 0.05) is 0 Å². The normalized spacial score (nSPS) is 19.8. The van der Waals surface area contributed by atoms with Gasteiger partial charge in [-0.15, -0.1) is 0 Å². The summed E-state index contributed by atoms with van der Waals surface area (Å²) in [5, 5.41) is 72.8. The molecule has 25 heavy (non-hydrogen) atoms. The van der Waals surface area contributed by atoms with Crippen LogP contribution in [0.25, 0.3) is 0 Å². The molecule has 146 valence electrons. The number of esters is 1. The number of carboxylic acids is 1. The molecular formula is C12H21NO12. The van der Waals surface area contributed by atoms with Crippen molar-refractivity contribution in [3.05, 3.63) is 0 Å². The summed E-state index contributed by atoms with van der Waals surface area (Å²) >= 11 is 0. The number of hydrogen-bond donors (Lipinski definition) is 9. The van der Waals surface area contributed by atoms with E-state index < -0.39 is 73.6 Å². The Balaban J connectivity index is 5.25. The van der Waals surface area contributed by atoms with E-state index in [2.05, 4.69) is 4.74 Å². The lowest BCUT2D eigenvalue weighted by atomic mass is 10.0. The largest absolute Gasteiger partial charge is 0.479 e. The van der Waals surface area contributed by atoms with E-state index in [-0.39, 0.29) is 0 Å². The molecule has 13 nitrogen and oxygen atoms in total. The van der Waals surface area contributed by atoms with Crippen LogP contribution >= 0.6 is 0 Å². The van der Waals surface area contributed by atoms with Crippen LogP contribution in [-0.4, -0.2) is 114 Å². The molecule has 0 aliphatic rings. The number of Topliss-reactive ketones (excluding diaryl/α,β-unsaturated/α-hetero) is 1. The number of aliphatic hydroxyl groups excluding tert-OH is 7. The molecule has 0 aliphatic heterocycles. The Morgan fingerprint density at radius 2 is 1.44 bits per heavy atom. The van der Waals surface area contributed by atoms with Crippen molar-refractivity contribution in [2.45, 2.75) is 42.7 Å². The molecule has 0 spiro atoms. The highest BCUT2D eigenvalue weighted by atomic mass is 16.6. The first-order chi connectivity index (χ1) is 11.5. The Bertz CT molecular complexity index is 471. The Hall–Kier alpha value is -1.71. The van der Waals surface area contributed by atoms with Crippen LogP contribution in [0.2, 0.25) is 0 Å². The standard InChI is InChI=1S/C12H21NO12/c13-5(8(20)6(18)3(16)1-14)12(24)25-10(9(21)11(22)23)7(19)4(17)2-15/h3-6,8-10,14-18,20-21H,1-2,13H2,(H,22,23)/t3-,4+,5-,6-,8-,9+,10+/m1/s1. The molecule has 0 aromatic carbocycles. The van der Waals surface area contributed by atoms with Crippen LogP contribution in [0.1, 0.15) is 0 Å². The molecule has 0 radical (unpaired) electrons. The third-order valence-corrected chi connectivity index (χ3v) is 3.14. The van der Waals surface area contributed by atoms with E-state index in [4.69, 9.17) is 26.2 Å². The molecule has 13 heteroatoms. The fourth-order valence-electron chi connectivity index (χ4n) is 1.58. The van der Waals surface area contributed by atoms with E-state index in [0.717, 1.165) is 0 Å². The van der Waals surface area contributed by atoms with Gasteiger partial charge in [-0.25, -0.2) is 4.79 Å². The lowest BCUT2D eigenvalue weighted by Gasteiger charge is -2.27. The molecule has 0 rings (SSSR count). The molecule has 10 N–H and O–H groups in total. The molecule has 0 saturated carbocycles. The lowest BCUT2D eigenvalue weighted by Crippen LogP contribution is -2.56. The maximum absolute atomic E-state index is 11.8. The summed E-state index contributed by atoms with van der Waals surface area (Å²) in [5.74, 6) is -5.22. The van der Waals surface area contributed by atoms with Crippen molar-refractivity contribution in [2.24, 2.45) is 5.73 Å². The zero-order valence-corrected chi connectivity index (χ0v) is 12.7. The minimum atomic E-state index is -2.62. The topological polar surface area (TPSA) is 248 Å². The van der Waals surface area contributed by atoms with E-state index >= 15 is 0 Å². The zero-order chi connectivity index (χ0) is 19.9. The smallest absolute Gasteiger partial charge is 0.336 e. The van der Waals surface area contributed by atoms with E-state index in [1.807, 2.05) is 0 Å². The number of carboxylic acid groups (broad SMARTS) is 1. The van der Waals surface area contributed by atoms with Crippen LogP contribution in [0, 0.1) is 0 Å². The third-order valence-electron chi connectivity index (χ3n) is 3.14. The fraction of sp³-hybridized carbons (Fsp3) is 0.750. The van der Waals surface area contributed by atoms with Crippen molar-refractivity contribution in [2.75, 3.05) is 13.2 Å². The Kier molecular flexibility index (Phi) is 9.61. The van der Waals surface area contributed by atoms with E-state index in [1.165, 1.54) is 0 Å². The number of hydrogen-bond acceptors (Lipinski definition) is 12. The summed E-state index contributed by atoms with van der Waals surface area (Å²) in [6.07, 6.45) is -13.4. The van der Waals surface area contributed by atoms with Crippen LogP contribution in [0.4, 0.5) is 0 Å². The van der Waals surface area contributed by atoms with Gasteiger partial charge in [-0.05, 0) is 0 Å². The van der Waals surface area contributed by atoms with Crippen LogP contribution in [0.5, 0.6) is 0 Å². The number of carbonyl (C=O) groups is 3. The maximum atomic E-state index is 11.8. The summed E-state index contributed by atoms with van der Waals surface area (Å²) in [5.41, 5.74) is 5.26. The molecule has 0 fully saturated rings. The van der Waals surface area contributed by atoms with Gasteiger partial charge in [0.05, 0.1) is 13.2 Å². The van der Waals surface area contributed by atoms with Gasteiger partial charge in [0.25, 0.3) is 0 Å². The van der Waals surface area contributed by atoms with Crippen molar-refractivity contribution < 1.29 is 60.0 Å². The predicted molar refractivity (Wildman–Crippen MR) is 74.7 cm³/mol. The number of nitrogens with two attached hydrogens (primary N) is 1. The monoisotopic (exact) mass is 371 g/mol. The number of aliphatic carboxylic acids is 1. The van der Waals surface area contributed by atoms with Crippen LogP contribution in [0.15, 0.2) is 0 Å². The molecule has 7 atom stereocenters. The number of aliphatic hydroxyl groups is 7. The minimum absolute atomic E-state index is 0.985. The first-order valence-electron chi connectivity index (χ1n) is 6.84.